The van der Waals surface area contributed by atoms with Crippen LogP contribution in [0.5, 0.6) is 0 Å². The number of hydrogen-bond donors (Lipinski definition) is 1. The SMILES string of the molecule is CCNCc1cn(Cc2ccccn2)c2cc(Cl)ccc12. The molecule has 0 unspecified atom stereocenters. The quantitative estimate of drug-likeness (QED) is 0.775. The van der Waals surface area contributed by atoms with Gasteiger partial charge in [0.1, 0.15) is 0 Å². The van der Waals surface area contributed by atoms with E-state index in [-0.39, 0.29) is 0 Å². The standard InChI is InChI=1S/C17H18ClN3/c1-2-19-10-13-11-21(12-15-5-3-4-8-20-15)17-9-14(18)6-7-16(13)17/h3-9,11,19H,2,10,12H2,1H3. The van der Waals surface area contributed by atoms with Crippen LogP contribution < -0.4 is 5.32 Å². The van der Waals surface area contributed by atoms with Crippen LogP contribution in [0.2, 0.25) is 5.02 Å². The van der Waals surface area contributed by atoms with E-state index in [2.05, 4.69) is 34.1 Å². The molecule has 2 aromatic heterocycles. The lowest BCUT2D eigenvalue weighted by atomic mass is 10.2. The third-order valence-electron chi connectivity index (χ3n) is 3.55. The Morgan fingerprint density at radius 3 is 2.90 bits per heavy atom. The normalized spacial score (nSPS) is 11.1. The predicted octanol–water partition coefficient (Wildman–Crippen LogP) is 3.85. The van der Waals surface area contributed by atoms with Crippen molar-refractivity contribution in [2.24, 2.45) is 0 Å². The average Bonchev–Trinajstić information content (AvgIpc) is 2.83. The molecule has 3 aromatic rings. The molecule has 0 aliphatic carbocycles. The second-order valence-electron chi connectivity index (χ2n) is 5.05. The molecule has 4 heteroatoms. The van der Waals surface area contributed by atoms with Crippen LogP contribution in [0.1, 0.15) is 18.2 Å². The van der Waals surface area contributed by atoms with Crippen molar-refractivity contribution in [2.75, 3.05) is 6.54 Å². The molecule has 0 spiro atoms. The van der Waals surface area contributed by atoms with Gasteiger partial charge >= 0.3 is 0 Å². The van der Waals surface area contributed by atoms with Crippen LogP contribution in [0.4, 0.5) is 0 Å². The Morgan fingerprint density at radius 1 is 1.24 bits per heavy atom. The minimum absolute atomic E-state index is 0.754. The molecule has 0 saturated carbocycles. The number of nitrogens with zero attached hydrogens (tertiary/aromatic N) is 2. The third-order valence-corrected chi connectivity index (χ3v) is 3.79. The lowest BCUT2D eigenvalue weighted by Crippen LogP contribution is -2.11. The van der Waals surface area contributed by atoms with Crippen LogP contribution in [0, 0.1) is 0 Å². The summed E-state index contributed by atoms with van der Waals surface area (Å²) in [5.41, 5.74) is 3.49. The number of benzene rings is 1. The van der Waals surface area contributed by atoms with Crippen molar-refractivity contribution < 1.29 is 0 Å². The van der Waals surface area contributed by atoms with Gasteiger partial charge in [-0.1, -0.05) is 30.7 Å². The van der Waals surface area contributed by atoms with Crippen LogP contribution in [0.3, 0.4) is 0 Å². The largest absolute Gasteiger partial charge is 0.341 e. The molecule has 0 aliphatic heterocycles. The van der Waals surface area contributed by atoms with Crippen LogP contribution in [-0.4, -0.2) is 16.1 Å². The Bertz CT molecular complexity index is 734. The molecule has 2 heterocycles. The third kappa shape index (κ3) is 3.09. The van der Waals surface area contributed by atoms with E-state index in [4.69, 9.17) is 11.6 Å². The molecule has 108 valence electrons. The van der Waals surface area contributed by atoms with Crippen LogP contribution in [-0.2, 0) is 13.1 Å². The van der Waals surface area contributed by atoms with Gasteiger partial charge in [0.15, 0.2) is 0 Å². The highest BCUT2D eigenvalue weighted by Gasteiger charge is 2.09. The van der Waals surface area contributed by atoms with Gasteiger partial charge in [0.05, 0.1) is 17.8 Å². The molecule has 3 nitrogen and oxygen atoms in total. The van der Waals surface area contributed by atoms with Crippen molar-refractivity contribution in [3.05, 3.63) is 65.1 Å². The van der Waals surface area contributed by atoms with E-state index >= 15 is 0 Å². The first-order valence-electron chi connectivity index (χ1n) is 7.16. The van der Waals surface area contributed by atoms with E-state index in [1.54, 1.807) is 0 Å². The minimum atomic E-state index is 0.754. The molecular formula is C17H18ClN3. The van der Waals surface area contributed by atoms with E-state index in [1.165, 1.54) is 10.9 Å². The highest BCUT2D eigenvalue weighted by atomic mass is 35.5. The molecule has 3 rings (SSSR count). The summed E-state index contributed by atoms with van der Waals surface area (Å²) in [6.07, 6.45) is 4.02. The van der Waals surface area contributed by atoms with Crippen molar-refractivity contribution >= 4 is 22.5 Å². The van der Waals surface area contributed by atoms with Gasteiger partial charge in [-0.25, -0.2) is 0 Å². The molecule has 0 bridgehead atoms. The van der Waals surface area contributed by atoms with Crippen molar-refractivity contribution in [3.8, 4) is 0 Å². The summed E-state index contributed by atoms with van der Waals surface area (Å²) >= 11 is 6.16. The Balaban J connectivity index is 2.02. The highest BCUT2D eigenvalue weighted by molar-refractivity contribution is 6.31. The van der Waals surface area contributed by atoms with Crippen molar-refractivity contribution in [3.63, 3.8) is 0 Å². The predicted molar refractivity (Wildman–Crippen MR) is 87.7 cm³/mol. The van der Waals surface area contributed by atoms with E-state index in [0.29, 0.717) is 0 Å². The Kier molecular flexibility index (Phi) is 4.23. The monoisotopic (exact) mass is 299 g/mol. The second kappa shape index (κ2) is 6.29. The van der Waals surface area contributed by atoms with Crippen molar-refractivity contribution in [1.82, 2.24) is 14.9 Å². The fourth-order valence-electron chi connectivity index (χ4n) is 2.54. The summed E-state index contributed by atoms with van der Waals surface area (Å²) in [7, 11) is 0. The number of rotatable bonds is 5. The van der Waals surface area contributed by atoms with E-state index in [1.807, 2.05) is 36.5 Å². The maximum atomic E-state index is 6.16. The fourth-order valence-corrected chi connectivity index (χ4v) is 2.71. The second-order valence-corrected chi connectivity index (χ2v) is 5.48. The number of hydrogen-bond acceptors (Lipinski definition) is 2. The molecular weight excluding hydrogens is 282 g/mol. The molecule has 0 fully saturated rings. The van der Waals surface area contributed by atoms with Gasteiger partial charge in [-0.2, -0.15) is 0 Å². The lowest BCUT2D eigenvalue weighted by molar-refractivity contribution is 0.723. The van der Waals surface area contributed by atoms with Crippen LogP contribution in [0.25, 0.3) is 10.9 Å². The molecule has 0 saturated heterocycles. The summed E-state index contributed by atoms with van der Waals surface area (Å²) in [6, 6.07) is 12.1. The van der Waals surface area contributed by atoms with Gasteiger partial charge in [0.2, 0.25) is 0 Å². The fraction of sp³-hybridized carbons (Fsp3) is 0.235. The smallest absolute Gasteiger partial charge is 0.0648 e. The van der Waals surface area contributed by atoms with E-state index in [9.17, 15) is 0 Å². The molecule has 0 atom stereocenters. The molecule has 1 aromatic carbocycles. The van der Waals surface area contributed by atoms with Gasteiger partial charge in [-0.05, 0) is 36.4 Å². The first-order chi connectivity index (χ1) is 10.3. The summed E-state index contributed by atoms with van der Waals surface area (Å²) < 4.78 is 2.22. The van der Waals surface area contributed by atoms with Crippen molar-refractivity contribution in [1.29, 1.82) is 0 Å². The lowest BCUT2D eigenvalue weighted by Gasteiger charge is -2.04. The number of aromatic nitrogens is 2. The number of fused-ring (bicyclic) bond motifs is 1. The Morgan fingerprint density at radius 2 is 2.14 bits per heavy atom. The minimum Gasteiger partial charge on any atom is -0.341 e. The summed E-state index contributed by atoms with van der Waals surface area (Å²) in [5, 5.41) is 5.40. The average molecular weight is 300 g/mol. The van der Waals surface area contributed by atoms with Gasteiger partial charge in [0.25, 0.3) is 0 Å². The highest BCUT2D eigenvalue weighted by Crippen LogP contribution is 2.25. The van der Waals surface area contributed by atoms with Gasteiger partial charge in [-0.3, -0.25) is 4.98 Å². The maximum absolute atomic E-state index is 6.16. The number of pyridine rings is 1. The first kappa shape index (κ1) is 14.1. The first-order valence-corrected chi connectivity index (χ1v) is 7.53. The molecule has 0 amide bonds. The van der Waals surface area contributed by atoms with Crippen molar-refractivity contribution in [2.45, 2.75) is 20.0 Å². The summed E-state index contributed by atoms with van der Waals surface area (Å²) in [5.74, 6) is 0. The van der Waals surface area contributed by atoms with E-state index < -0.39 is 0 Å². The Hall–Kier alpha value is -1.84. The summed E-state index contributed by atoms with van der Waals surface area (Å²) in [6.45, 7) is 4.69. The molecule has 0 aliphatic rings. The van der Waals surface area contributed by atoms with Gasteiger partial charge in [-0.15, -0.1) is 0 Å². The van der Waals surface area contributed by atoms with E-state index in [0.717, 1.165) is 35.9 Å². The van der Waals surface area contributed by atoms with Gasteiger partial charge < -0.3 is 9.88 Å². The molecule has 0 radical (unpaired) electrons. The zero-order valence-electron chi connectivity index (χ0n) is 12.0. The topological polar surface area (TPSA) is 29.9 Å². The summed E-state index contributed by atoms with van der Waals surface area (Å²) in [4.78, 5) is 4.41. The maximum Gasteiger partial charge on any atom is 0.0648 e. The Labute approximate surface area is 129 Å². The molecule has 1 N–H and O–H groups in total. The van der Waals surface area contributed by atoms with Crippen LogP contribution >= 0.6 is 11.6 Å². The zero-order valence-corrected chi connectivity index (χ0v) is 12.8. The molecule has 21 heavy (non-hydrogen) atoms. The van der Waals surface area contributed by atoms with Gasteiger partial charge in [0, 0.05) is 29.3 Å². The zero-order chi connectivity index (χ0) is 14.7. The van der Waals surface area contributed by atoms with Crippen LogP contribution in [0.15, 0.2) is 48.8 Å². The number of nitrogens with one attached hydrogen (secondary N) is 1. The number of halogens is 1.